The fourth-order valence-corrected chi connectivity index (χ4v) is 2.73. The van der Waals surface area contributed by atoms with E-state index in [0.29, 0.717) is 25.8 Å². The molecule has 2 amide bonds. The zero-order valence-corrected chi connectivity index (χ0v) is 19.0. The van der Waals surface area contributed by atoms with E-state index in [1.807, 2.05) is 30.3 Å². The number of esters is 1. The van der Waals surface area contributed by atoms with Crippen molar-refractivity contribution in [3.63, 3.8) is 0 Å². The number of alkyl carbamates (subject to hydrolysis) is 1. The number of hydrogen-bond donors (Lipinski definition) is 3. The van der Waals surface area contributed by atoms with Crippen LogP contribution < -0.4 is 10.6 Å². The summed E-state index contributed by atoms with van der Waals surface area (Å²) in [6.45, 7) is 5.76. The predicted octanol–water partition coefficient (Wildman–Crippen LogP) is 3.16. The third-order valence-electron chi connectivity index (χ3n) is 4.22. The van der Waals surface area contributed by atoms with Gasteiger partial charge in [-0.15, -0.1) is 0 Å². The molecule has 0 unspecified atom stereocenters. The lowest BCUT2D eigenvalue weighted by atomic mass is 10.1. The number of carbonyl (C=O) groups is 4. The lowest BCUT2D eigenvalue weighted by molar-refractivity contribution is -0.159. The number of carbonyl (C=O) groups excluding carboxylic acids is 3. The zero-order valence-electron chi connectivity index (χ0n) is 19.0. The molecule has 0 saturated carbocycles. The normalized spacial score (nSPS) is 11.8. The first kappa shape index (κ1) is 26.9. The van der Waals surface area contributed by atoms with Crippen molar-refractivity contribution in [1.29, 1.82) is 0 Å². The van der Waals surface area contributed by atoms with Crippen molar-refractivity contribution in [2.75, 3.05) is 6.54 Å². The molecule has 9 nitrogen and oxygen atoms in total. The van der Waals surface area contributed by atoms with Gasteiger partial charge in [-0.1, -0.05) is 30.3 Å². The van der Waals surface area contributed by atoms with E-state index in [1.165, 1.54) is 0 Å². The van der Waals surface area contributed by atoms with Gasteiger partial charge < -0.3 is 25.2 Å². The second-order valence-corrected chi connectivity index (χ2v) is 8.39. The van der Waals surface area contributed by atoms with Crippen LogP contribution in [0, 0.1) is 0 Å². The molecule has 0 fully saturated rings. The Hall–Kier alpha value is -3.10. The minimum Gasteiger partial charge on any atom is -0.481 e. The van der Waals surface area contributed by atoms with Gasteiger partial charge in [0.25, 0.3) is 0 Å². The summed E-state index contributed by atoms with van der Waals surface area (Å²) in [7, 11) is 0. The van der Waals surface area contributed by atoms with Crippen LogP contribution in [0.5, 0.6) is 0 Å². The molecule has 0 bridgehead atoms. The van der Waals surface area contributed by atoms with Gasteiger partial charge in [0.2, 0.25) is 5.91 Å². The van der Waals surface area contributed by atoms with Crippen LogP contribution in [0.1, 0.15) is 64.9 Å². The first-order valence-corrected chi connectivity index (χ1v) is 10.8. The van der Waals surface area contributed by atoms with Gasteiger partial charge in [-0.05, 0) is 52.0 Å². The summed E-state index contributed by atoms with van der Waals surface area (Å²) in [5.74, 6) is -1.92. The Labute approximate surface area is 188 Å². The number of carboxylic acids is 1. The molecule has 9 heteroatoms. The second kappa shape index (κ2) is 14.1. The molecule has 178 valence electrons. The summed E-state index contributed by atoms with van der Waals surface area (Å²) in [5.41, 5.74) is 0.190. The molecule has 0 radical (unpaired) electrons. The van der Waals surface area contributed by atoms with Gasteiger partial charge >= 0.3 is 18.0 Å². The summed E-state index contributed by atoms with van der Waals surface area (Å²) in [5, 5.41) is 14.0. The summed E-state index contributed by atoms with van der Waals surface area (Å²) < 4.78 is 10.5. The standard InChI is InChI=1S/C23H34N2O7/c1-23(2,3)32-21(29)18(25-19(26)13-9-14-20(27)28)12-7-8-15-24-22(30)31-16-17-10-5-4-6-11-17/h4-6,10-11,18H,7-9,12-16H2,1-3H3,(H,24,30)(H,25,26)(H,27,28)/t18-/m0/s1. The number of aliphatic carboxylic acids is 1. The average molecular weight is 451 g/mol. The Morgan fingerprint density at radius 1 is 1.00 bits per heavy atom. The Morgan fingerprint density at radius 2 is 1.69 bits per heavy atom. The number of ether oxygens (including phenoxy) is 2. The smallest absolute Gasteiger partial charge is 0.407 e. The van der Waals surface area contributed by atoms with Gasteiger partial charge in [0.1, 0.15) is 18.2 Å². The van der Waals surface area contributed by atoms with Crippen LogP contribution in [-0.2, 0) is 30.5 Å². The van der Waals surface area contributed by atoms with Crippen LogP contribution in [-0.4, -0.2) is 47.2 Å². The molecule has 0 aliphatic carbocycles. The number of amides is 2. The van der Waals surface area contributed by atoms with Crippen molar-refractivity contribution in [2.45, 2.75) is 77.5 Å². The molecule has 0 aliphatic rings. The van der Waals surface area contributed by atoms with Gasteiger partial charge in [0, 0.05) is 19.4 Å². The predicted molar refractivity (Wildman–Crippen MR) is 118 cm³/mol. The largest absolute Gasteiger partial charge is 0.481 e. The van der Waals surface area contributed by atoms with E-state index in [2.05, 4.69) is 10.6 Å². The highest BCUT2D eigenvalue weighted by Gasteiger charge is 2.26. The molecule has 1 atom stereocenters. The summed E-state index contributed by atoms with van der Waals surface area (Å²) >= 11 is 0. The lowest BCUT2D eigenvalue weighted by Gasteiger charge is -2.24. The van der Waals surface area contributed by atoms with E-state index in [1.54, 1.807) is 20.8 Å². The summed E-state index contributed by atoms with van der Waals surface area (Å²) in [4.78, 5) is 46.9. The molecule has 0 saturated heterocycles. The van der Waals surface area contributed by atoms with Crippen LogP contribution in [0.3, 0.4) is 0 Å². The van der Waals surface area contributed by atoms with Crippen LogP contribution in [0.2, 0.25) is 0 Å². The van der Waals surface area contributed by atoms with Crippen LogP contribution in [0.15, 0.2) is 30.3 Å². The number of rotatable bonds is 13. The van der Waals surface area contributed by atoms with Gasteiger partial charge in [0.15, 0.2) is 0 Å². The van der Waals surface area contributed by atoms with Crippen LogP contribution >= 0.6 is 0 Å². The third-order valence-corrected chi connectivity index (χ3v) is 4.22. The molecule has 1 aromatic rings. The minimum atomic E-state index is -0.976. The van der Waals surface area contributed by atoms with Gasteiger partial charge in [-0.2, -0.15) is 0 Å². The number of unbranched alkanes of at least 4 members (excludes halogenated alkanes) is 1. The first-order valence-electron chi connectivity index (χ1n) is 10.8. The highest BCUT2D eigenvalue weighted by molar-refractivity contribution is 5.84. The SMILES string of the molecule is CC(C)(C)OC(=O)[C@H](CCCCNC(=O)OCc1ccccc1)NC(=O)CCCC(=O)O. The molecule has 0 heterocycles. The zero-order chi connectivity index (χ0) is 24.0. The van der Waals surface area contributed by atoms with Crippen molar-refractivity contribution in [3.05, 3.63) is 35.9 Å². The van der Waals surface area contributed by atoms with E-state index in [4.69, 9.17) is 14.6 Å². The van der Waals surface area contributed by atoms with Crippen molar-refractivity contribution in [1.82, 2.24) is 10.6 Å². The molecule has 0 aromatic heterocycles. The van der Waals surface area contributed by atoms with E-state index in [0.717, 1.165) is 5.56 Å². The third kappa shape index (κ3) is 13.3. The monoisotopic (exact) mass is 450 g/mol. The van der Waals surface area contributed by atoms with Crippen molar-refractivity contribution < 1.29 is 33.8 Å². The van der Waals surface area contributed by atoms with Gasteiger partial charge in [-0.25, -0.2) is 9.59 Å². The molecule has 32 heavy (non-hydrogen) atoms. The van der Waals surface area contributed by atoms with Crippen LogP contribution in [0.4, 0.5) is 4.79 Å². The maximum absolute atomic E-state index is 12.4. The van der Waals surface area contributed by atoms with E-state index in [-0.39, 0.29) is 25.9 Å². The Balaban J connectivity index is 2.39. The van der Waals surface area contributed by atoms with Crippen molar-refractivity contribution in [3.8, 4) is 0 Å². The number of nitrogens with one attached hydrogen (secondary N) is 2. The molecule has 0 aliphatic heterocycles. The summed E-state index contributed by atoms with van der Waals surface area (Å²) in [6.07, 6.45) is 1.03. The second-order valence-electron chi connectivity index (χ2n) is 8.39. The van der Waals surface area contributed by atoms with E-state index in [9.17, 15) is 19.2 Å². The molecule has 0 spiro atoms. The van der Waals surface area contributed by atoms with Crippen molar-refractivity contribution >= 4 is 23.9 Å². The number of carboxylic acid groups (broad SMARTS) is 1. The van der Waals surface area contributed by atoms with E-state index >= 15 is 0 Å². The fourth-order valence-electron chi connectivity index (χ4n) is 2.73. The van der Waals surface area contributed by atoms with Crippen LogP contribution in [0.25, 0.3) is 0 Å². The minimum absolute atomic E-state index is 0.0143. The molecular formula is C23H34N2O7. The number of hydrogen-bond acceptors (Lipinski definition) is 6. The highest BCUT2D eigenvalue weighted by atomic mass is 16.6. The van der Waals surface area contributed by atoms with Gasteiger partial charge in [-0.3, -0.25) is 9.59 Å². The number of benzene rings is 1. The lowest BCUT2D eigenvalue weighted by Crippen LogP contribution is -2.44. The molecule has 1 rings (SSSR count). The quantitative estimate of drug-likeness (QED) is 0.311. The Morgan fingerprint density at radius 3 is 2.31 bits per heavy atom. The average Bonchev–Trinajstić information content (AvgIpc) is 2.70. The Kier molecular flexibility index (Phi) is 11.8. The maximum atomic E-state index is 12.4. The van der Waals surface area contributed by atoms with Gasteiger partial charge in [0.05, 0.1) is 0 Å². The molecular weight excluding hydrogens is 416 g/mol. The Bertz CT molecular complexity index is 744. The maximum Gasteiger partial charge on any atom is 0.407 e. The molecule has 1 aromatic carbocycles. The topological polar surface area (TPSA) is 131 Å². The summed E-state index contributed by atoms with van der Waals surface area (Å²) in [6, 6.07) is 8.49. The first-order chi connectivity index (χ1) is 15.1. The highest BCUT2D eigenvalue weighted by Crippen LogP contribution is 2.12. The van der Waals surface area contributed by atoms with Crippen molar-refractivity contribution in [2.24, 2.45) is 0 Å². The van der Waals surface area contributed by atoms with E-state index < -0.39 is 35.6 Å². The fraction of sp³-hybridized carbons (Fsp3) is 0.565. The molecule has 3 N–H and O–H groups in total.